The van der Waals surface area contributed by atoms with Gasteiger partial charge < -0.3 is 5.43 Å². The molecule has 0 atom stereocenters. The average molecular weight is 135 g/mol. The predicted octanol–water partition coefficient (Wildman–Crippen LogP) is 0.635. The van der Waals surface area contributed by atoms with Crippen LogP contribution >= 0.6 is 0 Å². The van der Waals surface area contributed by atoms with E-state index in [1.165, 1.54) is 0 Å². The second-order valence-electron chi connectivity index (χ2n) is 1.74. The van der Waals surface area contributed by atoms with E-state index in [9.17, 15) is 0 Å². The number of hydrogen-bond donors (Lipinski definition) is 1. The minimum Gasteiger partial charge on any atom is -0.313 e. The summed E-state index contributed by atoms with van der Waals surface area (Å²) in [6, 6.07) is 5.68. The standard InChI is InChI=1S/C7H9N3/c1-8-10-6-7-4-2-3-5-9-7/h2-6,8H,1H3. The van der Waals surface area contributed by atoms with Gasteiger partial charge in [-0.2, -0.15) is 5.10 Å². The van der Waals surface area contributed by atoms with Gasteiger partial charge in [-0.15, -0.1) is 0 Å². The van der Waals surface area contributed by atoms with Crippen molar-refractivity contribution in [3.63, 3.8) is 0 Å². The lowest BCUT2D eigenvalue weighted by molar-refractivity contribution is 0.906. The maximum atomic E-state index is 4.03. The molecule has 3 heteroatoms. The lowest BCUT2D eigenvalue weighted by Gasteiger charge is -1.88. The normalized spacial score (nSPS) is 10.1. The summed E-state index contributed by atoms with van der Waals surface area (Å²) < 4.78 is 0. The molecule has 1 aromatic heterocycles. The number of aromatic nitrogens is 1. The Labute approximate surface area is 59.8 Å². The van der Waals surface area contributed by atoms with E-state index >= 15 is 0 Å². The first kappa shape index (κ1) is 6.74. The molecule has 10 heavy (non-hydrogen) atoms. The lowest BCUT2D eigenvalue weighted by Crippen LogP contribution is -1.95. The Kier molecular flexibility index (Phi) is 2.43. The van der Waals surface area contributed by atoms with Crippen molar-refractivity contribution in [3.8, 4) is 0 Å². The predicted molar refractivity (Wildman–Crippen MR) is 40.9 cm³/mol. The average Bonchev–Trinajstić information content (AvgIpc) is 2.03. The van der Waals surface area contributed by atoms with Crippen molar-refractivity contribution in [2.24, 2.45) is 5.10 Å². The molecule has 0 bridgehead atoms. The first-order valence-corrected chi connectivity index (χ1v) is 3.04. The van der Waals surface area contributed by atoms with Crippen LogP contribution in [0.1, 0.15) is 5.69 Å². The highest BCUT2D eigenvalue weighted by molar-refractivity contribution is 5.76. The summed E-state index contributed by atoms with van der Waals surface area (Å²) in [6.45, 7) is 0. The maximum absolute atomic E-state index is 4.03. The van der Waals surface area contributed by atoms with E-state index in [-0.39, 0.29) is 0 Å². The van der Waals surface area contributed by atoms with Crippen molar-refractivity contribution < 1.29 is 0 Å². The summed E-state index contributed by atoms with van der Waals surface area (Å²) in [7, 11) is 1.75. The zero-order valence-electron chi connectivity index (χ0n) is 5.78. The van der Waals surface area contributed by atoms with Gasteiger partial charge in [-0.05, 0) is 12.1 Å². The van der Waals surface area contributed by atoms with Gasteiger partial charge in [0.1, 0.15) is 0 Å². The highest BCUT2D eigenvalue weighted by atomic mass is 15.3. The second kappa shape index (κ2) is 3.61. The fourth-order valence-corrected chi connectivity index (χ4v) is 0.583. The van der Waals surface area contributed by atoms with Gasteiger partial charge in [0.2, 0.25) is 0 Å². The quantitative estimate of drug-likeness (QED) is 0.477. The highest BCUT2D eigenvalue weighted by Crippen LogP contribution is 1.86. The van der Waals surface area contributed by atoms with Gasteiger partial charge in [0.25, 0.3) is 0 Å². The van der Waals surface area contributed by atoms with Crippen molar-refractivity contribution in [2.75, 3.05) is 7.05 Å². The highest BCUT2D eigenvalue weighted by Gasteiger charge is 1.81. The van der Waals surface area contributed by atoms with Crippen LogP contribution in [0.2, 0.25) is 0 Å². The monoisotopic (exact) mass is 135 g/mol. The van der Waals surface area contributed by atoms with E-state index in [0.717, 1.165) is 5.69 Å². The van der Waals surface area contributed by atoms with Crippen LogP contribution in [-0.2, 0) is 0 Å². The Hall–Kier alpha value is -1.38. The summed E-state index contributed by atoms with van der Waals surface area (Å²) in [5.41, 5.74) is 3.50. The van der Waals surface area contributed by atoms with Crippen LogP contribution in [0.3, 0.4) is 0 Å². The zero-order chi connectivity index (χ0) is 7.23. The zero-order valence-corrected chi connectivity index (χ0v) is 5.78. The summed E-state index contributed by atoms with van der Waals surface area (Å²) in [5, 5.41) is 3.80. The molecule has 0 spiro atoms. The lowest BCUT2D eigenvalue weighted by atomic mass is 10.4. The topological polar surface area (TPSA) is 37.3 Å². The molecule has 0 amide bonds. The Bertz CT molecular complexity index is 205. The number of nitrogens with one attached hydrogen (secondary N) is 1. The molecule has 0 radical (unpaired) electrons. The van der Waals surface area contributed by atoms with Gasteiger partial charge in [0.05, 0.1) is 11.9 Å². The largest absolute Gasteiger partial charge is 0.313 e. The molecule has 1 heterocycles. The molecule has 0 saturated carbocycles. The molecule has 0 fully saturated rings. The molecule has 0 aliphatic carbocycles. The minimum absolute atomic E-state index is 0.858. The van der Waals surface area contributed by atoms with Gasteiger partial charge in [-0.3, -0.25) is 4.98 Å². The summed E-state index contributed by atoms with van der Waals surface area (Å²) >= 11 is 0. The molecule has 1 aromatic rings. The molecule has 0 unspecified atom stereocenters. The van der Waals surface area contributed by atoms with E-state index in [2.05, 4.69) is 15.5 Å². The minimum atomic E-state index is 0.858. The smallest absolute Gasteiger partial charge is 0.0830 e. The molecule has 0 saturated heterocycles. The van der Waals surface area contributed by atoms with Crippen LogP contribution in [0.25, 0.3) is 0 Å². The summed E-state index contributed by atoms with van der Waals surface area (Å²) in [6.07, 6.45) is 3.40. The van der Waals surface area contributed by atoms with Crippen LogP contribution in [0.5, 0.6) is 0 Å². The van der Waals surface area contributed by atoms with Crippen LogP contribution in [0.15, 0.2) is 29.5 Å². The van der Waals surface area contributed by atoms with E-state index in [1.54, 1.807) is 19.5 Å². The van der Waals surface area contributed by atoms with Crippen molar-refractivity contribution >= 4 is 6.21 Å². The first-order chi connectivity index (χ1) is 4.93. The van der Waals surface area contributed by atoms with Gasteiger partial charge in [-0.1, -0.05) is 6.07 Å². The maximum Gasteiger partial charge on any atom is 0.0830 e. The Morgan fingerprint density at radius 3 is 3.10 bits per heavy atom. The van der Waals surface area contributed by atoms with Gasteiger partial charge in [0.15, 0.2) is 0 Å². The number of hydrogen-bond acceptors (Lipinski definition) is 3. The number of rotatable bonds is 2. The van der Waals surface area contributed by atoms with Crippen LogP contribution in [0.4, 0.5) is 0 Å². The molecule has 0 aliphatic rings. The SMILES string of the molecule is CNN=Cc1ccccn1. The summed E-state index contributed by atoms with van der Waals surface area (Å²) in [4.78, 5) is 4.03. The number of pyridine rings is 1. The third kappa shape index (κ3) is 1.85. The third-order valence-corrected chi connectivity index (χ3v) is 1.01. The van der Waals surface area contributed by atoms with E-state index in [4.69, 9.17) is 0 Å². The fourth-order valence-electron chi connectivity index (χ4n) is 0.583. The fraction of sp³-hybridized carbons (Fsp3) is 0.143. The Balaban J connectivity index is 2.67. The van der Waals surface area contributed by atoms with Crippen molar-refractivity contribution in [2.45, 2.75) is 0 Å². The Morgan fingerprint density at radius 2 is 2.50 bits per heavy atom. The second-order valence-corrected chi connectivity index (χ2v) is 1.74. The van der Waals surface area contributed by atoms with Crippen LogP contribution < -0.4 is 5.43 Å². The van der Waals surface area contributed by atoms with Crippen molar-refractivity contribution in [3.05, 3.63) is 30.1 Å². The first-order valence-electron chi connectivity index (χ1n) is 3.04. The van der Waals surface area contributed by atoms with E-state index < -0.39 is 0 Å². The van der Waals surface area contributed by atoms with E-state index in [0.29, 0.717) is 0 Å². The molecule has 0 aliphatic heterocycles. The molecule has 52 valence electrons. The van der Waals surface area contributed by atoms with Crippen LogP contribution in [-0.4, -0.2) is 18.2 Å². The molecular formula is C7H9N3. The van der Waals surface area contributed by atoms with Crippen molar-refractivity contribution in [1.29, 1.82) is 0 Å². The van der Waals surface area contributed by atoms with Crippen LogP contribution in [0, 0.1) is 0 Å². The van der Waals surface area contributed by atoms with E-state index in [1.807, 2.05) is 18.2 Å². The van der Waals surface area contributed by atoms with Gasteiger partial charge in [0, 0.05) is 13.2 Å². The number of nitrogens with zero attached hydrogens (tertiary/aromatic N) is 2. The molecular weight excluding hydrogens is 126 g/mol. The summed E-state index contributed by atoms with van der Waals surface area (Å²) in [5.74, 6) is 0. The van der Waals surface area contributed by atoms with Crippen molar-refractivity contribution in [1.82, 2.24) is 10.4 Å². The third-order valence-electron chi connectivity index (χ3n) is 1.01. The molecule has 0 aromatic carbocycles. The number of hydrazone groups is 1. The molecule has 3 nitrogen and oxygen atoms in total. The van der Waals surface area contributed by atoms with Gasteiger partial charge in [-0.25, -0.2) is 0 Å². The Morgan fingerprint density at radius 1 is 1.60 bits per heavy atom. The van der Waals surface area contributed by atoms with Gasteiger partial charge >= 0.3 is 0 Å². The molecule has 1 N–H and O–H groups in total. The molecule has 1 rings (SSSR count).